The van der Waals surface area contributed by atoms with Gasteiger partial charge in [-0.3, -0.25) is 0 Å². The number of isocyanates is 1. The topological polar surface area (TPSA) is 109 Å². The second-order valence-corrected chi connectivity index (χ2v) is 11.3. The highest BCUT2D eigenvalue weighted by Crippen LogP contribution is 2.47. The van der Waals surface area contributed by atoms with Crippen molar-refractivity contribution in [2.45, 2.75) is 83.6 Å². The zero-order valence-corrected chi connectivity index (χ0v) is 21.8. The summed E-state index contributed by atoms with van der Waals surface area (Å²) in [6, 6.07) is 11.5. The van der Waals surface area contributed by atoms with E-state index < -0.39 is 22.9 Å². The smallest absolute Gasteiger partial charge is 0.435 e. The molecule has 190 valence electrons. The van der Waals surface area contributed by atoms with Crippen LogP contribution in [0.25, 0.3) is 22.0 Å². The van der Waals surface area contributed by atoms with Gasteiger partial charge in [0.25, 0.3) is 0 Å². The summed E-state index contributed by atoms with van der Waals surface area (Å²) in [6.07, 6.45) is 5.24. The lowest BCUT2D eigenvalue weighted by molar-refractivity contribution is -0.141. The number of aliphatic imine (C=N–C) groups is 1. The number of rotatable bonds is 4. The Balaban J connectivity index is 1.70. The first-order chi connectivity index (χ1) is 16.8. The van der Waals surface area contributed by atoms with E-state index in [1.807, 2.05) is 77.9 Å². The van der Waals surface area contributed by atoms with E-state index >= 15 is 0 Å². The van der Waals surface area contributed by atoms with Crippen molar-refractivity contribution in [1.82, 2.24) is 9.78 Å². The highest BCUT2D eigenvalue weighted by Gasteiger charge is 2.48. The number of aromatic nitrogens is 2. The summed E-state index contributed by atoms with van der Waals surface area (Å²) in [5.74, 6) is 0. The second kappa shape index (κ2) is 9.19. The third-order valence-corrected chi connectivity index (χ3v) is 6.31. The lowest BCUT2D eigenvalue weighted by atomic mass is 9.86. The summed E-state index contributed by atoms with van der Waals surface area (Å²) in [6.45, 7) is 11.5. The van der Waals surface area contributed by atoms with Crippen LogP contribution >= 0.6 is 0 Å². The molecule has 4 rings (SSSR count). The molecule has 2 aromatic carbocycles. The zero-order valence-electron chi connectivity index (χ0n) is 21.8. The minimum absolute atomic E-state index is 0.278. The number of carbonyl (C=O) groups is 1. The Morgan fingerprint density at radius 3 is 2.42 bits per heavy atom. The van der Waals surface area contributed by atoms with E-state index in [-0.39, 0.29) is 6.04 Å². The first-order valence-electron chi connectivity index (χ1n) is 12.2. The second-order valence-electron chi connectivity index (χ2n) is 11.3. The van der Waals surface area contributed by atoms with Gasteiger partial charge in [-0.2, -0.15) is 14.8 Å². The molecule has 0 radical (unpaired) electrons. The molecular formula is C28H34N4O4. The van der Waals surface area contributed by atoms with E-state index in [1.54, 1.807) is 12.3 Å². The van der Waals surface area contributed by atoms with Gasteiger partial charge in [0.2, 0.25) is 6.08 Å². The molecule has 8 nitrogen and oxygen atoms in total. The highest BCUT2D eigenvalue weighted by molar-refractivity contribution is 6.01. The van der Waals surface area contributed by atoms with Crippen LogP contribution in [0.2, 0.25) is 0 Å². The molecule has 36 heavy (non-hydrogen) atoms. The number of benzene rings is 2. The summed E-state index contributed by atoms with van der Waals surface area (Å²) in [5.41, 5.74) is 8.64. The number of hydrogen-bond donors (Lipinski definition) is 1. The van der Waals surface area contributed by atoms with Crippen molar-refractivity contribution in [3.63, 3.8) is 0 Å². The van der Waals surface area contributed by atoms with E-state index in [1.165, 1.54) is 4.68 Å². The third kappa shape index (κ3) is 4.92. The zero-order chi connectivity index (χ0) is 26.3. The van der Waals surface area contributed by atoms with Gasteiger partial charge >= 0.3 is 6.09 Å². The van der Waals surface area contributed by atoms with Crippen molar-refractivity contribution in [3.05, 3.63) is 48.2 Å². The number of carbonyl (C=O) groups excluding carboxylic acids is 2. The van der Waals surface area contributed by atoms with Crippen molar-refractivity contribution in [2.24, 2.45) is 4.99 Å². The summed E-state index contributed by atoms with van der Waals surface area (Å²) in [4.78, 5) is 27.8. The summed E-state index contributed by atoms with van der Waals surface area (Å²) in [7, 11) is 0. The number of fused-ring (bicyclic) bond motifs is 1. The minimum atomic E-state index is -0.682. The lowest BCUT2D eigenvalue weighted by Crippen LogP contribution is -2.42. The maximum absolute atomic E-state index is 12.6. The molecule has 2 N–H and O–H groups in total. The molecule has 0 amide bonds. The molecule has 0 aliphatic heterocycles. The minimum Gasteiger partial charge on any atom is -0.442 e. The fourth-order valence-corrected chi connectivity index (χ4v) is 5.01. The van der Waals surface area contributed by atoms with Gasteiger partial charge in [-0.15, -0.1) is 0 Å². The predicted molar refractivity (Wildman–Crippen MR) is 139 cm³/mol. The average Bonchev–Trinajstić information content (AvgIpc) is 3.38. The van der Waals surface area contributed by atoms with Crippen LogP contribution in [0.3, 0.4) is 0 Å². The standard InChI is InChI=1S/C28H34N4O4/c1-26(2,3)35-25(34)32-22-14-13-20(24(29)21(22)16-31-32)18-9-11-19(12-10-18)28(36-27(4,5)6)15-7-8-23(28)30-17-33/h9-14,16,23H,7-8,15,29H2,1-6H3. The molecule has 1 heterocycles. The van der Waals surface area contributed by atoms with Crippen LogP contribution in [-0.4, -0.2) is 39.2 Å². The maximum atomic E-state index is 12.6. The Bertz CT molecular complexity index is 1320. The van der Waals surface area contributed by atoms with E-state index in [0.717, 1.165) is 36.0 Å². The van der Waals surface area contributed by atoms with Crippen molar-refractivity contribution < 1.29 is 19.1 Å². The van der Waals surface area contributed by atoms with Crippen LogP contribution in [0.5, 0.6) is 0 Å². The molecule has 1 saturated carbocycles. The molecule has 1 aliphatic rings. The molecular weight excluding hydrogens is 456 g/mol. The lowest BCUT2D eigenvalue weighted by Gasteiger charge is -2.39. The Labute approximate surface area is 211 Å². The molecule has 1 aliphatic carbocycles. The third-order valence-electron chi connectivity index (χ3n) is 6.31. The van der Waals surface area contributed by atoms with Crippen LogP contribution in [0.1, 0.15) is 66.4 Å². The largest absolute Gasteiger partial charge is 0.442 e. The number of hydrogen-bond acceptors (Lipinski definition) is 7. The molecule has 8 heteroatoms. The number of nitrogens with zero attached hydrogens (tertiary/aromatic N) is 3. The van der Waals surface area contributed by atoms with Gasteiger partial charge in [-0.1, -0.05) is 30.3 Å². The highest BCUT2D eigenvalue weighted by atomic mass is 16.6. The Kier molecular flexibility index (Phi) is 6.54. The van der Waals surface area contributed by atoms with Crippen molar-refractivity contribution in [1.29, 1.82) is 0 Å². The van der Waals surface area contributed by atoms with Gasteiger partial charge in [0.1, 0.15) is 11.2 Å². The van der Waals surface area contributed by atoms with Crippen LogP contribution in [0.4, 0.5) is 10.5 Å². The van der Waals surface area contributed by atoms with Gasteiger partial charge in [-0.05, 0) is 78.0 Å². The Hall–Kier alpha value is -3.48. The average molecular weight is 491 g/mol. The van der Waals surface area contributed by atoms with Crippen LogP contribution in [0.15, 0.2) is 47.6 Å². The van der Waals surface area contributed by atoms with Gasteiger partial charge in [-0.25, -0.2) is 9.59 Å². The van der Waals surface area contributed by atoms with Crippen molar-refractivity contribution >= 4 is 28.8 Å². The molecule has 0 saturated heterocycles. The van der Waals surface area contributed by atoms with Gasteiger partial charge in [0, 0.05) is 10.9 Å². The molecule has 0 bridgehead atoms. The van der Waals surface area contributed by atoms with Gasteiger partial charge < -0.3 is 15.2 Å². The van der Waals surface area contributed by atoms with E-state index in [2.05, 4.69) is 10.1 Å². The van der Waals surface area contributed by atoms with Crippen molar-refractivity contribution in [3.8, 4) is 11.1 Å². The fraction of sp³-hybridized carbons (Fsp3) is 0.464. The monoisotopic (exact) mass is 490 g/mol. The van der Waals surface area contributed by atoms with Gasteiger partial charge in [0.15, 0.2) is 0 Å². The normalized spacial score (nSPS) is 20.3. The predicted octanol–water partition coefficient (Wildman–Crippen LogP) is 5.97. The number of nitrogens with two attached hydrogens (primary N) is 1. The molecule has 1 aromatic heterocycles. The van der Waals surface area contributed by atoms with Gasteiger partial charge in [0.05, 0.1) is 29.0 Å². The Morgan fingerprint density at radius 1 is 1.11 bits per heavy atom. The maximum Gasteiger partial charge on any atom is 0.435 e. The summed E-state index contributed by atoms with van der Waals surface area (Å²) >= 11 is 0. The molecule has 2 unspecified atom stereocenters. The van der Waals surface area contributed by atoms with E-state index in [4.69, 9.17) is 15.2 Å². The Morgan fingerprint density at radius 2 is 1.81 bits per heavy atom. The summed E-state index contributed by atoms with van der Waals surface area (Å²) in [5, 5.41) is 4.89. The van der Waals surface area contributed by atoms with Crippen molar-refractivity contribution in [2.75, 3.05) is 5.73 Å². The fourth-order valence-electron chi connectivity index (χ4n) is 5.01. The van der Waals surface area contributed by atoms with Crippen LogP contribution in [-0.2, 0) is 19.9 Å². The number of ether oxygens (including phenoxy) is 2. The number of anilines is 1. The van der Waals surface area contributed by atoms with Crippen LogP contribution < -0.4 is 5.73 Å². The number of nitrogen functional groups attached to an aromatic ring is 1. The van der Waals surface area contributed by atoms with E-state index in [0.29, 0.717) is 16.6 Å². The molecule has 3 aromatic rings. The van der Waals surface area contributed by atoms with E-state index in [9.17, 15) is 9.59 Å². The molecule has 0 spiro atoms. The molecule has 1 fully saturated rings. The molecule has 2 atom stereocenters. The van der Waals surface area contributed by atoms with Crippen LogP contribution in [0, 0.1) is 0 Å². The summed E-state index contributed by atoms with van der Waals surface area (Å²) < 4.78 is 13.3. The SMILES string of the molecule is CC(C)(C)OC(=O)n1ncc2c(N)c(-c3ccc(C4(OC(C)(C)C)CCCC4N=C=O)cc3)ccc21. The first-order valence-corrected chi connectivity index (χ1v) is 12.2. The quantitative estimate of drug-likeness (QED) is 0.274. The first kappa shape index (κ1) is 25.6.